The molecule has 0 saturated heterocycles. The number of ether oxygens (including phenoxy) is 2. The first-order chi connectivity index (χ1) is 11.7. The quantitative estimate of drug-likeness (QED) is 0.872. The third-order valence-electron chi connectivity index (χ3n) is 4.27. The lowest BCUT2D eigenvalue weighted by Crippen LogP contribution is -2.25. The van der Waals surface area contributed by atoms with E-state index in [2.05, 4.69) is 11.4 Å². The minimum atomic E-state index is 0.0236. The maximum absolute atomic E-state index is 12.4. The van der Waals surface area contributed by atoms with Crippen LogP contribution in [0.4, 0.5) is 0 Å². The number of carbonyl (C=O) groups is 1. The van der Waals surface area contributed by atoms with E-state index < -0.39 is 0 Å². The van der Waals surface area contributed by atoms with Crippen molar-refractivity contribution in [3.63, 3.8) is 0 Å². The smallest absolute Gasteiger partial charge is 0.261 e. The maximum Gasteiger partial charge on any atom is 0.261 e. The molecule has 2 heterocycles. The van der Waals surface area contributed by atoms with Crippen LogP contribution in [0.25, 0.3) is 0 Å². The molecular formula is C18H18ClNO3S. The Kier molecular flexibility index (Phi) is 4.37. The molecule has 1 aliphatic carbocycles. The molecular weight excluding hydrogens is 346 g/mol. The highest BCUT2D eigenvalue weighted by atomic mass is 35.5. The standard InChI is InChI=1S/C18H18ClNO3S/c19-14-9-11(10-15-16(14)23-7-6-22-15)3-5-20-18(21)17-13(4-8-24-17)12-1-2-12/h4,8-10,12H,1-3,5-7H2,(H,20,21). The molecule has 1 aromatic heterocycles. The van der Waals surface area contributed by atoms with Gasteiger partial charge in [-0.2, -0.15) is 0 Å². The van der Waals surface area contributed by atoms with Crippen molar-refractivity contribution in [2.45, 2.75) is 25.2 Å². The van der Waals surface area contributed by atoms with E-state index in [1.165, 1.54) is 29.7 Å². The summed E-state index contributed by atoms with van der Waals surface area (Å²) in [7, 11) is 0. The highest BCUT2D eigenvalue weighted by molar-refractivity contribution is 7.12. The molecule has 2 aromatic rings. The zero-order valence-electron chi connectivity index (χ0n) is 13.1. The summed E-state index contributed by atoms with van der Waals surface area (Å²) in [4.78, 5) is 13.2. The van der Waals surface area contributed by atoms with Gasteiger partial charge in [-0.05, 0) is 59.9 Å². The van der Waals surface area contributed by atoms with Crippen molar-refractivity contribution in [3.05, 3.63) is 44.6 Å². The maximum atomic E-state index is 12.4. The Bertz CT molecular complexity index is 770. The Morgan fingerprint density at radius 2 is 2.12 bits per heavy atom. The first-order valence-corrected chi connectivity index (χ1v) is 9.42. The van der Waals surface area contributed by atoms with Crippen molar-refractivity contribution in [1.82, 2.24) is 5.32 Å². The van der Waals surface area contributed by atoms with Gasteiger partial charge in [-0.3, -0.25) is 4.79 Å². The molecule has 4 nitrogen and oxygen atoms in total. The summed E-state index contributed by atoms with van der Waals surface area (Å²) in [5.74, 6) is 1.91. The van der Waals surface area contributed by atoms with E-state index >= 15 is 0 Å². The Labute approximate surface area is 149 Å². The average molecular weight is 364 g/mol. The van der Waals surface area contributed by atoms with Gasteiger partial charge in [0.15, 0.2) is 11.5 Å². The monoisotopic (exact) mass is 363 g/mol. The number of carbonyl (C=O) groups excluding carboxylic acids is 1. The topological polar surface area (TPSA) is 47.6 Å². The highest BCUT2D eigenvalue weighted by Crippen LogP contribution is 2.43. The van der Waals surface area contributed by atoms with E-state index in [0.717, 1.165) is 10.4 Å². The summed E-state index contributed by atoms with van der Waals surface area (Å²) in [6, 6.07) is 5.90. The molecule has 1 amide bonds. The van der Waals surface area contributed by atoms with Crippen molar-refractivity contribution in [2.75, 3.05) is 19.8 Å². The Morgan fingerprint density at radius 1 is 1.29 bits per heavy atom. The van der Waals surface area contributed by atoms with Gasteiger partial charge in [0, 0.05) is 6.54 Å². The number of hydrogen-bond acceptors (Lipinski definition) is 4. The van der Waals surface area contributed by atoms with Crippen LogP contribution in [0.15, 0.2) is 23.6 Å². The fraction of sp³-hybridized carbons (Fsp3) is 0.389. The van der Waals surface area contributed by atoms with Gasteiger partial charge in [-0.1, -0.05) is 11.6 Å². The van der Waals surface area contributed by atoms with Crippen LogP contribution in [0.5, 0.6) is 11.5 Å². The number of halogens is 1. The van der Waals surface area contributed by atoms with Gasteiger partial charge in [0.25, 0.3) is 5.91 Å². The molecule has 2 aliphatic rings. The minimum absolute atomic E-state index is 0.0236. The van der Waals surface area contributed by atoms with Gasteiger partial charge in [-0.15, -0.1) is 11.3 Å². The summed E-state index contributed by atoms with van der Waals surface area (Å²) in [6.07, 6.45) is 3.10. The molecule has 0 unspecified atom stereocenters. The molecule has 1 aromatic carbocycles. The lowest BCUT2D eigenvalue weighted by molar-refractivity contribution is 0.0957. The van der Waals surface area contributed by atoms with Gasteiger partial charge in [-0.25, -0.2) is 0 Å². The van der Waals surface area contributed by atoms with Gasteiger partial charge in [0.05, 0.1) is 9.90 Å². The van der Waals surface area contributed by atoms with Crippen LogP contribution in [0.3, 0.4) is 0 Å². The second kappa shape index (κ2) is 6.65. The van der Waals surface area contributed by atoms with Crippen molar-refractivity contribution in [1.29, 1.82) is 0 Å². The lowest BCUT2D eigenvalue weighted by Gasteiger charge is -2.20. The highest BCUT2D eigenvalue weighted by Gasteiger charge is 2.28. The van der Waals surface area contributed by atoms with Gasteiger partial charge in [0.2, 0.25) is 0 Å². The summed E-state index contributed by atoms with van der Waals surface area (Å²) in [5, 5.41) is 5.57. The van der Waals surface area contributed by atoms with Crippen LogP contribution in [0.2, 0.25) is 5.02 Å². The summed E-state index contributed by atoms with van der Waals surface area (Å²) < 4.78 is 11.1. The van der Waals surface area contributed by atoms with Crippen molar-refractivity contribution in [3.8, 4) is 11.5 Å². The van der Waals surface area contributed by atoms with Crippen molar-refractivity contribution in [2.24, 2.45) is 0 Å². The first-order valence-electron chi connectivity index (χ1n) is 8.16. The van der Waals surface area contributed by atoms with Crippen LogP contribution in [0.1, 0.15) is 39.6 Å². The van der Waals surface area contributed by atoms with Gasteiger partial charge in [0.1, 0.15) is 13.2 Å². The third kappa shape index (κ3) is 3.23. The van der Waals surface area contributed by atoms with E-state index in [-0.39, 0.29) is 5.91 Å². The first kappa shape index (κ1) is 15.8. The minimum Gasteiger partial charge on any atom is -0.486 e. The largest absolute Gasteiger partial charge is 0.486 e. The molecule has 4 rings (SSSR count). The molecule has 0 spiro atoms. The van der Waals surface area contributed by atoms with Crippen LogP contribution in [-0.4, -0.2) is 25.7 Å². The average Bonchev–Trinajstić information content (AvgIpc) is 3.31. The summed E-state index contributed by atoms with van der Waals surface area (Å²) in [5.41, 5.74) is 2.23. The fourth-order valence-electron chi connectivity index (χ4n) is 2.93. The van der Waals surface area contributed by atoms with Crippen LogP contribution < -0.4 is 14.8 Å². The molecule has 126 valence electrons. The van der Waals surface area contributed by atoms with Crippen molar-refractivity contribution >= 4 is 28.8 Å². The number of nitrogens with one attached hydrogen (secondary N) is 1. The number of fused-ring (bicyclic) bond motifs is 1. The van der Waals surface area contributed by atoms with Gasteiger partial charge < -0.3 is 14.8 Å². The van der Waals surface area contributed by atoms with Crippen molar-refractivity contribution < 1.29 is 14.3 Å². The van der Waals surface area contributed by atoms with Gasteiger partial charge >= 0.3 is 0 Å². The summed E-state index contributed by atoms with van der Waals surface area (Å²) in [6.45, 7) is 1.62. The van der Waals surface area contributed by atoms with Crippen LogP contribution in [-0.2, 0) is 6.42 Å². The Hall–Kier alpha value is -1.72. The SMILES string of the molecule is O=C(NCCc1cc(Cl)c2c(c1)OCCO2)c1sccc1C1CC1. The molecule has 1 fully saturated rings. The number of hydrogen-bond donors (Lipinski definition) is 1. The van der Waals surface area contributed by atoms with Crippen LogP contribution in [0, 0.1) is 0 Å². The predicted octanol–water partition coefficient (Wildman–Crippen LogP) is 4.02. The Morgan fingerprint density at radius 3 is 2.96 bits per heavy atom. The van der Waals surface area contributed by atoms with E-state index in [9.17, 15) is 4.79 Å². The molecule has 0 atom stereocenters. The predicted molar refractivity (Wildman–Crippen MR) is 94.8 cm³/mol. The molecule has 1 aliphatic heterocycles. The zero-order valence-corrected chi connectivity index (χ0v) is 14.7. The van der Waals surface area contributed by atoms with Crippen LogP contribution >= 0.6 is 22.9 Å². The normalized spacial score (nSPS) is 16.0. The fourth-order valence-corrected chi connectivity index (χ4v) is 4.12. The molecule has 1 saturated carbocycles. The van der Waals surface area contributed by atoms with E-state index in [4.69, 9.17) is 21.1 Å². The number of rotatable bonds is 5. The zero-order chi connectivity index (χ0) is 16.5. The number of thiophene rings is 1. The number of benzene rings is 1. The molecule has 24 heavy (non-hydrogen) atoms. The second-order valence-electron chi connectivity index (χ2n) is 6.09. The van der Waals surface area contributed by atoms with E-state index in [0.29, 0.717) is 48.6 Å². The Balaban J connectivity index is 1.38. The molecule has 0 radical (unpaired) electrons. The number of amides is 1. The molecule has 1 N–H and O–H groups in total. The summed E-state index contributed by atoms with van der Waals surface area (Å²) >= 11 is 7.77. The van der Waals surface area contributed by atoms with E-state index in [1.807, 2.05) is 17.5 Å². The molecule has 6 heteroatoms. The second-order valence-corrected chi connectivity index (χ2v) is 7.41. The lowest BCUT2D eigenvalue weighted by atomic mass is 10.1. The third-order valence-corrected chi connectivity index (χ3v) is 5.48. The molecule has 0 bridgehead atoms. The van der Waals surface area contributed by atoms with E-state index in [1.54, 1.807) is 0 Å².